The summed E-state index contributed by atoms with van der Waals surface area (Å²) in [5.74, 6) is 5.11. The largest absolute Gasteiger partial charge is 0.271 e. The molecule has 0 spiro atoms. The summed E-state index contributed by atoms with van der Waals surface area (Å²) in [6.07, 6.45) is 4.04. The average Bonchev–Trinajstić information content (AvgIpc) is 2.99. The molecule has 1 aliphatic carbocycles. The number of rotatable bonds is 5. The minimum Gasteiger partial charge on any atom is -0.271 e. The summed E-state index contributed by atoms with van der Waals surface area (Å²) in [4.78, 5) is 0. The number of hydrogen-bond donors (Lipinski definition) is 2. The van der Waals surface area contributed by atoms with E-state index in [0.717, 1.165) is 18.4 Å². The van der Waals surface area contributed by atoms with Crippen LogP contribution in [0.4, 0.5) is 8.78 Å². The Bertz CT molecular complexity index is 344. The van der Waals surface area contributed by atoms with Crippen LogP contribution in [0.3, 0.4) is 0 Å². The standard InChI is InChI=1S/C12H16F2N2/c13-10-3-9(4-11(14)7-10)6-12(16-15)5-8-1-2-8/h3-4,7-8,12,16H,1-2,5-6,15H2. The lowest BCUT2D eigenvalue weighted by molar-refractivity contribution is 0.463. The van der Waals surface area contributed by atoms with Crippen LogP contribution in [-0.4, -0.2) is 6.04 Å². The Kier molecular flexibility index (Phi) is 3.51. The second-order valence-corrected chi connectivity index (χ2v) is 4.52. The van der Waals surface area contributed by atoms with Gasteiger partial charge < -0.3 is 0 Å². The summed E-state index contributed by atoms with van der Waals surface area (Å²) in [5, 5.41) is 0. The van der Waals surface area contributed by atoms with Crippen LogP contribution in [0.1, 0.15) is 24.8 Å². The van der Waals surface area contributed by atoms with Crippen molar-refractivity contribution in [3.05, 3.63) is 35.4 Å². The summed E-state index contributed by atoms with van der Waals surface area (Å²) in [7, 11) is 0. The molecule has 2 nitrogen and oxygen atoms in total. The Balaban J connectivity index is 1.99. The first-order chi connectivity index (χ1) is 7.67. The van der Waals surface area contributed by atoms with E-state index in [1.54, 1.807) is 0 Å². The van der Waals surface area contributed by atoms with Gasteiger partial charge in [0.15, 0.2) is 0 Å². The van der Waals surface area contributed by atoms with Gasteiger partial charge in [0.05, 0.1) is 0 Å². The molecule has 0 heterocycles. The van der Waals surface area contributed by atoms with Gasteiger partial charge in [0.1, 0.15) is 11.6 Å². The normalized spacial score (nSPS) is 17.4. The first-order valence-corrected chi connectivity index (χ1v) is 5.58. The minimum absolute atomic E-state index is 0.105. The predicted molar refractivity (Wildman–Crippen MR) is 58.5 cm³/mol. The van der Waals surface area contributed by atoms with Gasteiger partial charge in [-0.2, -0.15) is 0 Å². The summed E-state index contributed by atoms with van der Waals surface area (Å²) in [6.45, 7) is 0. The molecule has 1 unspecified atom stereocenters. The number of halogens is 2. The summed E-state index contributed by atoms with van der Waals surface area (Å²) >= 11 is 0. The van der Waals surface area contributed by atoms with Gasteiger partial charge in [-0.05, 0) is 36.5 Å². The first-order valence-electron chi connectivity index (χ1n) is 5.58. The molecule has 0 bridgehead atoms. The molecule has 16 heavy (non-hydrogen) atoms. The third kappa shape index (κ3) is 3.25. The Labute approximate surface area is 93.8 Å². The van der Waals surface area contributed by atoms with Gasteiger partial charge in [-0.1, -0.05) is 12.8 Å². The highest BCUT2D eigenvalue weighted by Gasteiger charge is 2.25. The molecular weight excluding hydrogens is 210 g/mol. The van der Waals surface area contributed by atoms with E-state index in [4.69, 9.17) is 5.84 Å². The molecule has 0 amide bonds. The molecule has 1 aliphatic rings. The van der Waals surface area contributed by atoms with Crippen molar-refractivity contribution >= 4 is 0 Å². The summed E-state index contributed by atoms with van der Waals surface area (Å²) in [5.41, 5.74) is 3.37. The van der Waals surface area contributed by atoms with Gasteiger partial charge in [0.25, 0.3) is 0 Å². The highest BCUT2D eigenvalue weighted by molar-refractivity contribution is 5.19. The Morgan fingerprint density at radius 2 is 1.88 bits per heavy atom. The molecule has 1 aromatic rings. The van der Waals surface area contributed by atoms with Crippen molar-refractivity contribution in [2.24, 2.45) is 11.8 Å². The predicted octanol–water partition coefficient (Wildman–Crippen LogP) is 2.14. The molecule has 3 N–H and O–H groups in total. The van der Waals surface area contributed by atoms with Crippen LogP contribution in [0.2, 0.25) is 0 Å². The van der Waals surface area contributed by atoms with Gasteiger partial charge in [0, 0.05) is 12.1 Å². The van der Waals surface area contributed by atoms with Crippen LogP contribution in [0.25, 0.3) is 0 Å². The van der Waals surface area contributed by atoms with E-state index in [9.17, 15) is 8.78 Å². The smallest absolute Gasteiger partial charge is 0.126 e. The second-order valence-electron chi connectivity index (χ2n) is 4.52. The minimum atomic E-state index is -0.530. The van der Waals surface area contributed by atoms with Crippen LogP contribution in [-0.2, 0) is 6.42 Å². The van der Waals surface area contributed by atoms with Gasteiger partial charge in [-0.25, -0.2) is 8.78 Å². The number of nitrogens with two attached hydrogens (primary N) is 1. The molecule has 4 heteroatoms. The van der Waals surface area contributed by atoms with E-state index in [-0.39, 0.29) is 6.04 Å². The van der Waals surface area contributed by atoms with Gasteiger partial charge in [-0.3, -0.25) is 11.3 Å². The highest BCUT2D eigenvalue weighted by atomic mass is 19.1. The monoisotopic (exact) mass is 226 g/mol. The lowest BCUT2D eigenvalue weighted by atomic mass is 10.0. The number of nitrogens with one attached hydrogen (secondary N) is 1. The van der Waals surface area contributed by atoms with Gasteiger partial charge in [0.2, 0.25) is 0 Å². The van der Waals surface area contributed by atoms with E-state index in [1.165, 1.54) is 25.0 Å². The zero-order valence-electron chi connectivity index (χ0n) is 9.05. The maximum absolute atomic E-state index is 13.0. The fourth-order valence-corrected chi connectivity index (χ4v) is 1.98. The lowest BCUT2D eigenvalue weighted by Gasteiger charge is -2.15. The average molecular weight is 226 g/mol. The fraction of sp³-hybridized carbons (Fsp3) is 0.500. The second kappa shape index (κ2) is 4.89. The molecule has 0 radical (unpaired) electrons. The SMILES string of the molecule is NNC(Cc1cc(F)cc(F)c1)CC1CC1. The van der Waals surface area contributed by atoms with Gasteiger partial charge in [-0.15, -0.1) is 0 Å². The van der Waals surface area contributed by atoms with Crippen LogP contribution in [0.5, 0.6) is 0 Å². The van der Waals surface area contributed by atoms with E-state index in [1.807, 2.05) is 0 Å². The third-order valence-corrected chi connectivity index (χ3v) is 2.95. The van der Waals surface area contributed by atoms with Crippen LogP contribution in [0.15, 0.2) is 18.2 Å². The molecule has 1 fully saturated rings. The maximum atomic E-state index is 13.0. The fourth-order valence-electron chi connectivity index (χ4n) is 1.98. The van der Waals surface area contributed by atoms with Gasteiger partial charge >= 0.3 is 0 Å². The summed E-state index contributed by atoms with van der Waals surface area (Å²) < 4.78 is 25.9. The highest BCUT2D eigenvalue weighted by Crippen LogP contribution is 2.34. The molecule has 88 valence electrons. The van der Waals surface area contributed by atoms with Crippen molar-refractivity contribution in [1.29, 1.82) is 0 Å². The van der Waals surface area contributed by atoms with Crippen molar-refractivity contribution < 1.29 is 8.78 Å². The quantitative estimate of drug-likeness (QED) is 0.596. The van der Waals surface area contributed by atoms with Crippen molar-refractivity contribution in [1.82, 2.24) is 5.43 Å². The van der Waals surface area contributed by atoms with Crippen LogP contribution < -0.4 is 11.3 Å². The number of hydrazine groups is 1. The van der Waals surface area contributed by atoms with E-state index < -0.39 is 11.6 Å². The topological polar surface area (TPSA) is 38.0 Å². The molecule has 1 aromatic carbocycles. The van der Waals surface area contributed by atoms with Crippen molar-refractivity contribution in [2.45, 2.75) is 31.7 Å². The molecular formula is C12H16F2N2. The Morgan fingerprint density at radius 3 is 2.38 bits per heavy atom. The Hall–Kier alpha value is -1.00. The Morgan fingerprint density at radius 1 is 1.25 bits per heavy atom. The zero-order valence-corrected chi connectivity index (χ0v) is 9.05. The van der Waals surface area contributed by atoms with E-state index in [2.05, 4.69) is 5.43 Å². The molecule has 1 atom stereocenters. The third-order valence-electron chi connectivity index (χ3n) is 2.95. The van der Waals surface area contributed by atoms with E-state index >= 15 is 0 Å². The van der Waals surface area contributed by atoms with Crippen molar-refractivity contribution in [3.8, 4) is 0 Å². The first kappa shape index (κ1) is 11.5. The molecule has 0 saturated heterocycles. The summed E-state index contributed by atoms with van der Waals surface area (Å²) in [6, 6.07) is 3.71. The number of benzene rings is 1. The van der Waals surface area contributed by atoms with Crippen molar-refractivity contribution in [2.75, 3.05) is 0 Å². The number of hydrogen-bond acceptors (Lipinski definition) is 2. The van der Waals surface area contributed by atoms with Crippen LogP contribution >= 0.6 is 0 Å². The molecule has 0 aromatic heterocycles. The molecule has 1 saturated carbocycles. The zero-order chi connectivity index (χ0) is 11.5. The maximum Gasteiger partial charge on any atom is 0.126 e. The van der Waals surface area contributed by atoms with Crippen molar-refractivity contribution in [3.63, 3.8) is 0 Å². The van der Waals surface area contributed by atoms with E-state index in [0.29, 0.717) is 12.0 Å². The lowest BCUT2D eigenvalue weighted by Crippen LogP contribution is -2.37. The van der Waals surface area contributed by atoms with Crippen LogP contribution in [0, 0.1) is 17.6 Å². The molecule has 0 aliphatic heterocycles. The molecule has 2 rings (SSSR count).